The minimum Gasteiger partial charge on any atom is -0.480 e. The summed E-state index contributed by atoms with van der Waals surface area (Å²) in [6.07, 6.45) is 2.04. The van der Waals surface area contributed by atoms with Gasteiger partial charge >= 0.3 is 5.97 Å². The predicted octanol–water partition coefficient (Wildman–Crippen LogP) is -1.67. The van der Waals surface area contributed by atoms with Crippen LogP contribution in [0.1, 0.15) is 6.42 Å². The molecule has 0 aromatic rings. The number of hydrogen-bond donors (Lipinski definition) is 5. The first-order chi connectivity index (χ1) is 6.83. The fraction of sp³-hybridized carbons (Fsp3) is 0.444. The SMILES string of the molecule is N[C@@H](CC1=CC(O)C(O)(O)C=C1)C(=O)O. The van der Waals surface area contributed by atoms with E-state index in [4.69, 9.17) is 21.1 Å². The minimum atomic E-state index is -2.29. The molecule has 1 aliphatic carbocycles. The number of carboxylic acid groups (broad SMARTS) is 1. The van der Waals surface area contributed by atoms with Gasteiger partial charge in [-0.15, -0.1) is 0 Å². The maximum Gasteiger partial charge on any atom is 0.320 e. The number of hydrogen-bond acceptors (Lipinski definition) is 5. The zero-order valence-corrected chi connectivity index (χ0v) is 7.87. The smallest absolute Gasteiger partial charge is 0.320 e. The molecule has 1 rings (SSSR count). The van der Waals surface area contributed by atoms with Crippen LogP contribution in [0, 0.1) is 0 Å². The molecule has 0 radical (unpaired) electrons. The second-order valence-electron chi connectivity index (χ2n) is 3.45. The second-order valence-corrected chi connectivity index (χ2v) is 3.45. The van der Waals surface area contributed by atoms with E-state index in [1.807, 2.05) is 0 Å². The number of aliphatic hydroxyl groups is 3. The molecule has 0 heterocycles. The Bertz CT molecular complexity index is 320. The first-order valence-corrected chi connectivity index (χ1v) is 4.34. The average Bonchev–Trinajstić information content (AvgIpc) is 2.12. The van der Waals surface area contributed by atoms with Crippen molar-refractivity contribution >= 4 is 5.97 Å². The van der Waals surface area contributed by atoms with Crippen LogP contribution in [-0.2, 0) is 4.79 Å². The molecule has 0 aliphatic heterocycles. The zero-order chi connectivity index (χ0) is 11.6. The van der Waals surface area contributed by atoms with Crippen LogP contribution in [0.5, 0.6) is 0 Å². The van der Waals surface area contributed by atoms with Crippen molar-refractivity contribution in [2.24, 2.45) is 5.73 Å². The van der Waals surface area contributed by atoms with Crippen molar-refractivity contribution in [2.75, 3.05) is 0 Å². The molecular weight excluding hydrogens is 202 g/mol. The van der Waals surface area contributed by atoms with Crippen LogP contribution in [0.2, 0.25) is 0 Å². The van der Waals surface area contributed by atoms with Crippen molar-refractivity contribution in [3.63, 3.8) is 0 Å². The molecule has 6 N–H and O–H groups in total. The third-order valence-electron chi connectivity index (χ3n) is 2.12. The molecule has 1 unspecified atom stereocenters. The van der Waals surface area contributed by atoms with E-state index in [1.54, 1.807) is 0 Å². The third-order valence-corrected chi connectivity index (χ3v) is 2.12. The highest BCUT2D eigenvalue weighted by atomic mass is 16.5. The Kier molecular flexibility index (Phi) is 3.25. The maximum atomic E-state index is 10.4. The van der Waals surface area contributed by atoms with Crippen LogP contribution < -0.4 is 5.73 Å². The quantitative estimate of drug-likeness (QED) is 0.358. The molecule has 0 saturated heterocycles. The van der Waals surface area contributed by atoms with Crippen molar-refractivity contribution in [3.05, 3.63) is 23.8 Å². The molecule has 0 aromatic heterocycles. The Morgan fingerprint density at radius 1 is 1.60 bits per heavy atom. The lowest BCUT2D eigenvalue weighted by molar-refractivity contribution is -0.174. The highest BCUT2D eigenvalue weighted by molar-refractivity contribution is 5.73. The lowest BCUT2D eigenvalue weighted by atomic mass is 9.95. The van der Waals surface area contributed by atoms with Crippen molar-refractivity contribution in [1.29, 1.82) is 0 Å². The Morgan fingerprint density at radius 2 is 2.20 bits per heavy atom. The minimum absolute atomic E-state index is 0.0268. The van der Waals surface area contributed by atoms with Gasteiger partial charge in [-0.1, -0.05) is 6.08 Å². The maximum absolute atomic E-state index is 10.4. The Labute approximate surface area is 86.0 Å². The van der Waals surface area contributed by atoms with Crippen LogP contribution in [0.4, 0.5) is 0 Å². The molecule has 15 heavy (non-hydrogen) atoms. The molecule has 2 atom stereocenters. The molecule has 0 aromatic carbocycles. The fourth-order valence-corrected chi connectivity index (χ4v) is 1.19. The summed E-state index contributed by atoms with van der Waals surface area (Å²) in [4.78, 5) is 10.4. The van der Waals surface area contributed by atoms with Crippen LogP contribution in [0.3, 0.4) is 0 Å². The van der Waals surface area contributed by atoms with Gasteiger partial charge in [0.05, 0.1) is 0 Å². The van der Waals surface area contributed by atoms with E-state index in [0.717, 1.165) is 6.08 Å². The highest BCUT2D eigenvalue weighted by Gasteiger charge is 2.31. The second kappa shape index (κ2) is 4.11. The molecule has 84 valence electrons. The molecule has 0 amide bonds. The number of nitrogens with two attached hydrogens (primary N) is 1. The topological polar surface area (TPSA) is 124 Å². The summed E-state index contributed by atoms with van der Waals surface area (Å²) in [5, 5.41) is 36.0. The molecule has 6 heteroatoms. The Morgan fingerprint density at radius 3 is 2.67 bits per heavy atom. The van der Waals surface area contributed by atoms with E-state index < -0.39 is 23.9 Å². The van der Waals surface area contributed by atoms with Gasteiger partial charge in [-0.3, -0.25) is 4.79 Å². The van der Waals surface area contributed by atoms with Crippen LogP contribution in [-0.4, -0.2) is 44.3 Å². The summed E-state index contributed by atoms with van der Waals surface area (Å²) in [5.41, 5.74) is 5.73. The van der Waals surface area contributed by atoms with Gasteiger partial charge in [-0.05, 0) is 24.1 Å². The molecule has 1 aliphatic rings. The number of carboxylic acids is 1. The van der Waals surface area contributed by atoms with Crippen molar-refractivity contribution in [2.45, 2.75) is 24.4 Å². The van der Waals surface area contributed by atoms with Gasteiger partial charge in [0.15, 0.2) is 0 Å². The third kappa shape index (κ3) is 2.87. The van der Waals surface area contributed by atoms with E-state index >= 15 is 0 Å². The van der Waals surface area contributed by atoms with E-state index in [1.165, 1.54) is 12.2 Å². The van der Waals surface area contributed by atoms with Crippen molar-refractivity contribution < 1.29 is 25.2 Å². The summed E-state index contributed by atoms with van der Waals surface area (Å²) in [6, 6.07) is -1.07. The molecule has 0 bridgehead atoms. The predicted molar refractivity (Wildman–Crippen MR) is 50.6 cm³/mol. The summed E-state index contributed by atoms with van der Waals surface area (Å²) in [6.45, 7) is 0. The lowest BCUT2D eigenvalue weighted by Crippen LogP contribution is -2.41. The van der Waals surface area contributed by atoms with Crippen LogP contribution in [0.25, 0.3) is 0 Å². The van der Waals surface area contributed by atoms with E-state index in [0.29, 0.717) is 5.57 Å². The van der Waals surface area contributed by atoms with E-state index in [2.05, 4.69) is 0 Å². The van der Waals surface area contributed by atoms with Gasteiger partial charge in [0, 0.05) is 0 Å². The number of aliphatic carboxylic acids is 1. The highest BCUT2D eigenvalue weighted by Crippen LogP contribution is 2.21. The summed E-state index contributed by atoms with van der Waals surface area (Å²) < 4.78 is 0. The van der Waals surface area contributed by atoms with Gasteiger partial charge in [0.25, 0.3) is 0 Å². The number of carbonyl (C=O) groups is 1. The molecular formula is C9H13NO5. The van der Waals surface area contributed by atoms with Gasteiger partial charge < -0.3 is 26.2 Å². The number of allylic oxidation sites excluding steroid dienone is 1. The van der Waals surface area contributed by atoms with E-state index in [9.17, 15) is 9.90 Å². The van der Waals surface area contributed by atoms with Crippen LogP contribution >= 0.6 is 0 Å². The van der Waals surface area contributed by atoms with Crippen molar-refractivity contribution in [3.8, 4) is 0 Å². The van der Waals surface area contributed by atoms with E-state index in [-0.39, 0.29) is 6.42 Å². The standard InChI is InChI=1S/C9H13NO5/c10-6(8(12)13)3-5-1-2-9(14,15)7(11)4-5/h1-2,4,6-7,11,14-15H,3,10H2,(H,12,13)/t6-,7?/m0/s1. The lowest BCUT2D eigenvalue weighted by Gasteiger charge is -2.26. The monoisotopic (exact) mass is 215 g/mol. The summed E-state index contributed by atoms with van der Waals surface area (Å²) in [7, 11) is 0. The van der Waals surface area contributed by atoms with Crippen molar-refractivity contribution in [1.82, 2.24) is 0 Å². The number of rotatable bonds is 3. The summed E-state index contributed by atoms with van der Waals surface area (Å²) >= 11 is 0. The zero-order valence-electron chi connectivity index (χ0n) is 7.87. The first kappa shape index (κ1) is 11.9. The van der Waals surface area contributed by atoms with Crippen LogP contribution in [0.15, 0.2) is 23.8 Å². The average molecular weight is 215 g/mol. The Balaban J connectivity index is 2.68. The molecule has 0 saturated carbocycles. The van der Waals surface area contributed by atoms with Gasteiger partial charge in [0.1, 0.15) is 12.1 Å². The fourth-order valence-electron chi connectivity index (χ4n) is 1.19. The van der Waals surface area contributed by atoms with Gasteiger partial charge in [0.2, 0.25) is 5.79 Å². The van der Waals surface area contributed by atoms with Gasteiger partial charge in [-0.2, -0.15) is 0 Å². The first-order valence-electron chi connectivity index (χ1n) is 4.34. The molecule has 0 spiro atoms. The Hall–Kier alpha value is -1.21. The molecule has 0 fully saturated rings. The largest absolute Gasteiger partial charge is 0.480 e. The van der Waals surface area contributed by atoms with Gasteiger partial charge in [-0.25, -0.2) is 0 Å². The summed E-state index contributed by atoms with van der Waals surface area (Å²) in [5.74, 6) is -3.44. The normalized spacial score (nSPS) is 25.9. The number of aliphatic hydroxyl groups excluding tert-OH is 1. The molecule has 6 nitrogen and oxygen atoms in total.